The molecular weight excluding hydrogens is 262 g/mol. The molecule has 3 fully saturated rings. The molecule has 104 valence electrons. The molecule has 2 N–H and O–H groups in total. The first-order chi connectivity index (χ1) is 9.26. The summed E-state index contributed by atoms with van der Waals surface area (Å²) in [6, 6.07) is 0.462. The molecule has 4 heterocycles. The Bertz CT molecular complexity index is 445. The van der Waals surface area contributed by atoms with Gasteiger partial charge in [0.2, 0.25) is 5.95 Å². The fourth-order valence-electron chi connectivity index (χ4n) is 3.02. The first-order valence-corrected chi connectivity index (χ1v) is 7.39. The van der Waals surface area contributed by atoms with Gasteiger partial charge in [0.05, 0.1) is 6.20 Å². The van der Waals surface area contributed by atoms with E-state index in [2.05, 4.69) is 25.5 Å². The molecule has 0 saturated carbocycles. The molecule has 3 saturated heterocycles. The summed E-state index contributed by atoms with van der Waals surface area (Å²) in [5.41, 5.74) is 0. The number of nitrogens with zero attached hydrogens (tertiary/aromatic N) is 3. The van der Waals surface area contributed by atoms with Gasteiger partial charge in [0.1, 0.15) is 5.02 Å². The Balaban J connectivity index is 1.73. The van der Waals surface area contributed by atoms with E-state index in [4.69, 9.17) is 11.6 Å². The average Bonchev–Trinajstić information content (AvgIpc) is 2.44. The molecule has 4 rings (SSSR count). The van der Waals surface area contributed by atoms with Gasteiger partial charge in [-0.2, -0.15) is 4.98 Å². The molecule has 3 aliphatic rings. The summed E-state index contributed by atoms with van der Waals surface area (Å²) in [4.78, 5) is 11.1. The minimum Gasteiger partial charge on any atom is -0.364 e. The number of anilines is 2. The van der Waals surface area contributed by atoms with Crippen molar-refractivity contribution in [3.8, 4) is 0 Å². The molecule has 2 bridgehead atoms. The largest absolute Gasteiger partial charge is 0.364 e. The summed E-state index contributed by atoms with van der Waals surface area (Å²) < 4.78 is 0. The van der Waals surface area contributed by atoms with Crippen LogP contribution in [0.25, 0.3) is 0 Å². The number of halogens is 1. The average molecular weight is 282 g/mol. The van der Waals surface area contributed by atoms with E-state index in [0.717, 1.165) is 24.8 Å². The first-order valence-electron chi connectivity index (χ1n) is 7.01. The van der Waals surface area contributed by atoms with Gasteiger partial charge in [-0.3, -0.25) is 0 Å². The van der Waals surface area contributed by atoms with Crippen LogP contribution in [-0.2, 0) is 0 Å². The molecule has 1 atom stereocenters. The van der Waals surface area contributed by atoms with E-state index >= 15 is 0 Å². The van der Waals surface area contributed by atoms with Gasteiger partial charge in [0.15, 0.2) is 5.82 Å². The number of hydrogen-bond donors (Lipinski definition) is 2. The minimum absolute atomic E-state index is 0.462. The van der Waals surface area contributed by atoms with Gasteiger partial charge in [0.25, 0.3) is 0 Å². The maximum absolute atomic E-state index is 6.19. The smallest absolute Gasteiger partial charge is 0.224 e. The Morgan fingerprint density at radius 3 is 2.84 bits per heavy atom. The summed E-state index contributed by atoms with van der Waals surface area (Å²) in [7, 11) is 0. The summed E-state index contributed by atoms with van der Waals surface area (Å²) >= 11 is 6.19. The van der Waals surface area contributed by atoms with Crippen LogP contribution in [0.5, 0.6) is 0 Å². The number of nitrogens with one attached hydrogen (secondary N) is 2. The van der Waals surface area contributed by atoms with Crippen molar-refractivity contribution in [2.45, 2.75) is 25.8 Å². The summed E-state index contributed by atoms with van der Waals surface area (Å²) in [6.07, 6.45) is 4.22. The standard InChI is InChI=1S/C13H20ClN5/c1-2-15-13-16-7-10(14)12(18-13)17-11-8-19-5-3-9(11)4-6-19/h7,9,11H,2-6,8H2,1H3,(H2,15,16,17,18). The molecule has 0 aromatic carbocycles. The van der Waals surface area contributed by atoms with E-state index in [1.807, 2.05) is 6.92 Å². The zero-order valence-corrected chi connectivity index (χ0v) is 12.0. The van der Waals surface area contributed by atoms with Crippen LogP contribution in [0.3, 0.4) is 0 Å². The second-order valence-corrected chi connectivity index (χ2v) is 5.72. The second kappa shape index (κ2) is 5.51. The van der Waals surface area contributed by atoms with Crippen LogP contribution >= 0.6 is 11.6 Å². The van der Waals surface area contributed by atoms with Crippen molar-refractivity contribution in [3.05, 3.63) is 11.2 Å². The molecule has 1 unspecified atom stereocenters. The van der Waals surface area contributed by atoms with E-state index in [1.54, 1.807) is 6.20 Å². The molecule has 6 heteroatoms. The third-order valence-electron chi connectivity index (χ3n) is 4.06. The van der Waals surface area contributed by atoms with Crippen molar-refractivity contribution >= 4 is 23.4 Å². The molecule has 0 radical (unpaired) electrons. The van der Waals surface area contributed by atoms with Crippen molar-refractivity contribution in [2.75, 3.05) is 36.8 Å². The number of hydrogen-bond acceptors (Lipinski definition) is 5. The van der Waals surface area contributed by atoms with Gasteiger partial charge in [-0.1, -0.05) is 11.6 Å². The Hall–Kier alpha value is -1.07. The van der Waals surface area contributed by atoms with Crippen LogP contribution in [0.2, 0.25) is 5.02 Å². The quantitative estimate of drug-likeness (QED) is 0.885. The van der Waals surface area contributed by atoms with Crippen LogP contribution in [-0.4, -0.2) is 47.1 Å². The lowest BCUT2D eigenvalue weighted by atomic mass is 9.84. The van der Waals surface area contributed by atoms with Gasteiger partial charge in [-0.15, -0.1) is 0 Å². The van der Waals surface area contributed by atoms with Gasteiger partial charge < -0.3 is 15.5 Å². The van der Waals surface area contributed by atoms with E-state index in [-0.39, 0.29) is 0 Å². The third-order valence-corrected chi connectivity index (χ3v) is 4.33. The highest BCUT2D eigenvalue weighted by molar-refractivity contribution is 6.32. The van der Waals surface area contributed by atoms with Crippen LogP contribution < -0.4 is 10.6 Å². The van der Waals surface area contributed by atoms with E-state index in [0.29, 0.717) is 17.0 Å². The number of fused-ring (bicyclic) bond motifs is 3. The SMILES string of the molecule is CCNc1ncc(Cl)c(NC2CN3CCC2CC3)n1. The van der Waals surface area contributed by atoms with E-state index in [1.165, 1.54) is 25.9 Å². The second-order valence-electron chi connectivity index (χ2n) is 5.31. The minimum atomic E-state index is 0.462. The van der Waals surface area contributed by atoms with Crippen LogP contribution in [0.4, 0.5) is 11.8 Å². The van der Waals surface area contributed by atoms with Crippen molar-refractivity contribution < 1.29 is 0 Å². The highest BCUT2D eigenvalue weighted by atomic mass is 35.5. The highest BCUT2D eigenvalue weighted by Gasteiger charge is 2.34. The lowest BCUT2D eigenvalue weighted by Gasteiger charge is -2.45. The zero-order valence-electron chi connectivity index (χ0n) is 11.2. The summed E-state index contributed by atoms with van der Waals surface area (Å²) in [6.45, 7) is 6.41. The molecule has 0 aliphatic carbocycles. The van der Waals surface area contributed by atoms with Gasteiger partial charge >= 0.3 is 0 Å². The molecule has 3 aliphatic heterocycles. The number of rotatable bonds is 4. The van der Waals surface area contributed by atoms with E-state index in [9.17, 15) is 0 Å². The lowest BCUT2D eigenvalue weighted by molar-refractivity contribution is 0.0974. The Labute approximate surface area is 118 Å². The molecule has 0 amide bonds. The Morgan fingerprint density at radius 1 is 1.42 bits per heavy atom. The van der Waals surface area contributed by atoms with E-state index < -0.39 is 0 Å². The highest BCUT2D eigenvalue weighted by Crippen LogP contribution is 2.31. The topological polar surface area (TPSA) is 53.1 Å². The Morgan fingerprint density at radius 2 is 2.21 bits per heavy atom. The van der Waals surface area contributed by atoms with Crippen molar-refractivity contribution in [3.63, 3.8) is 0 Å². The normalized spacial score (nSPS) is 29.3. The van der Waals surface area contributed by atoms with Crippen molar-refractivity contribution in [1.82, 2.24) is 14.9 Å². The summed E-state index contributed by atoms with van der Waals surface area (Å²) in [5, 5.41) is 7.23. The number of aromatic nitrogens is 2. The van der Waals surface area contributed by atoms with Gasteiger partial charge in [0, 0.05) is 19.1 Å². The fraction of sp³-hybridized carbons (Fsp3) is 0.692. The van der Waals surface area contributed by atoms with Crippen LogP contribution in [0, 0.1) is 5.92 Å². The van der Waals surface area contributed by atoms with Crippen LogP contribution in [0.1, 0.15) is 19.8 Å². The molecular formula is C13H20ClN5. The third kappa shape index (κ3) is 2.77. The maximum atomic E-state index is 6.19. The monoisotopic (exact) mass is 281 g/mol. The van der Waals surface area contributed by atoms with Crippen molar-refractivity contribution in [1.29, 1.82) is 0 Å². The summed E-state index contributed by atoms with van der Waals surface area (Å²) in [5.74, 6) is 2.14. The van der Waals surface area contributed by atoms with Gasteiger partial charge in [-0.05, 0) is 38.8 Å². The first kappa shape index (κ1) is 12.9. The Kier molecular flexibility index (Phi) is 3.75. The lowest BCUT2D eigenvalue weighted by Crippen LogP contribution is -2.53. The molecule has 19 heavy (non-hydrogen) atoms. The molecule has 5 nitrogen and oxygen atoms in total. The van der Waals surface area contributed by atoms with Crippen molar-refractivity contribution in [2.24, 2.45) is 5.92 Å². The molecule has 1 aromatic rings. The maximum Gasteiger partial charge on any atom is 0.224 e. The zero-order chi connectivity index (χ0) is 13.2. The van der Waals surface area contributed by atoms with Crippen LogP contribution in [0.15, 0.2) is 6.20 Å². The predicted molar refractivity (Wildman–Crippen MR) is 77.8 cm³/mol. The fourth-order valence-corrected chi connectivity index (χ4v) is 3.16. The molecule has 0 spiro atoms. The van der Waals surface area contributed by atoms with Gasteiger partial charge in [-0.25, -0.2) is 4.98 Å². The number of piperidine rings is 3. The molecule has 1 aromatic heterocycles. The predicted octanol–water partition coefficient (Wildman–Crippen LogP) is 2.07.